The fourth-order valence-corrected chi connectivity index (χ4v) is 5.63. The normalized spacial score (nSPS) is 13.6. The van der Waals surface area contributed by atoms with Gasteiger partial charge in [0.1, 0.15) is 0 Å². The Labute approximate surface area is 213 Å². The Hall–Kier alpha value is -4.30. The second-order valence-corrected chi connectivity index (χ2v) is 10.0. The van der Waals surface area contributed by atoms with Gasteiger partial charge in [0.25, 0.3) is 0 Å². The Morgan fingerprint density at radius 1 is 0.750 bits per heavy atom. The number of nitrogens with zero attached hydrogens (tertiary/aromatic N) is 2. The van der Waals surface area contributed by atoms with Gasteiger partial charge in [0, 0.05) is 40.6 Å². The molecule has 1 heterocycles. The van der Waals surface area contributed by atoms with Crippen molar-refractivity contribution >= 4 is 28.4 Å². The fourth-order valence-electron chi connectivity index (χ4n) is 5.63. The molecule has 36 heavy (non-hydrogen) atoms. The van der Waals surface area contributed by atoms with Crippen LogP contribution in [0.25, 0.3) is 33.8 Å². The smallest absolute Gasteiger partial charge is 0.0534 e. The zero-order valence-corrected chi connectivity index (χ0v) is 21.1. The molecule has 0 spiro atoms. The molecule has 1 aliphatic rings. The maximum atomic E-state index is 3.83. The molecule has 0 unspecified atom stereocenters. The van der Waals surface area contributed by atoms with Gasteiger partial charge in [-0.15, -0.1) is 0 Å². The van der Waals surface area contributed by atoms with Gasteiger partial charge in [0.2, 0.25) is 0 Å². The molecular formula is C34H30N2. The summed E-state index contributed by atoms with van der Waals surface area (Å²) in [7, 11) is 2.15. The van der Waals surface area contributed by atoms with Gasteiger partial charge in [0.05, 0.1) is 5.52 Å². The van der Waals surface area contributed by atoms with Crippen molar-refractivity contribution in [2.45, 2.75) is 19.3 Å². The third kappa shape index (κ3) is 3.41. The van der Waals surface area contributed by atoms with Crippen LogP contribution in [0.2, 0.25) is 0 Å². The Kier molecular flexibility index (Phi) is 5.19. The van der Waals surface area contributed by atoms with Crippen LogP contribution in [0, 0.1) is 0 Å². The van der Waals surface area contributed by atoms with E-state index in [4.69, 9.17) is 0 Å². The summed E-state index contributed by atoms with van der Waals surface area (Å²) in [5, 5.41) is 1.23. The molecular weight excluding hydrogens is 436 g/mol. The lowest BCUT2D eigenvalue weighted by Crippen LogP contribution is -2.16. The number of hydrogen-bond acceptors (Lipinski definition) is 1. The molecule has 0 saturated carbocycles. The van der Waals surface area contributed by atoms with Crippen LogP contribution in [0.3, 0.4) is 0 Å². The number of anilines is 2. The fraction of sp³-hybridized carbons (Fsp3) is 0.118. The van der Waals surface area contributed by atoms with Crippen molar-refractivity contribution in [2.75, 3.05) is 11.9 Å². The van der Waals surface area contributed by atoms with Crippen molar-refractivity contribution in [3.63, 3.8) is 0 Å². The molecule has 0 fully saturated rings. The third-order valence-corrected chi connectivity index (χ3v) is 7.59. The molecule has 0 N–H and O–H groups in total. The van der Waals surface area contributed by atoms with Gasteiger partial charge in [-0.2, -0.15) is 0 Å². The van der Waals surface area contributed by atoms with Crippen LogP contribution in [-0.2, 0) is 5.41 Å². The molecule has 0 bridgehead atoms. The quantitative estimate of drug-likeness (QED) is 0.235. The Bertz CT molecular complexity index is 1630. The van der Waals surface area contributed by atoms with Crippen LogP contribution in [0.5, 0.6) is 0 Å². The molecule has 1 aliphatic carbocycles. The monoisotopic (exact) mass is 466 g/mol. The minimum Gasteiger partial charge on any atom is -0.345 e. The van der Waals surface area contributed by atoms with Crippen LogP contribution in [0.4, 0.5) is 11.4 Å². The molecule has 1 aromatic heterocycles. The minimum atomic E-state index is -0.00251. The van der Waals surface area contributed by atoms with Gasteiger partial charge >= 0.3 is 0 Å². The van der Waals surface area contributed by atoms with E-state index >= 15 is 0 Å². The Balaban J connectivity index is 1.36. The molecule has 0 aliphatic heterocycles. The van der Waals surface area contributed by atoms with Crippen molar-refractivity contribution in [3.05, 3.63) is 133 Å². The van der Waals surface area contributed by atoms with Gasteiger partial charge in [-0.25, -0.2) is 0 Å². The molecule has 4 aromatic carbocycles. The predicted molar refractivity (Wildman–Crippen MR) is 155 cm³/mol. The second kappa shape index (κ2) is 8.42. The molecule has 2 heteroatoms. The Morgan fingerprint density at radius 3 is 2.25 bits per heavy atom. The van der Waals surface area contributed by atoms with Gasteiger partial charge in [-0.3, -0.25) is 0 Å². The van der Waals surface area contributed by atoms with E-state index in [1.807, 2.05) is 12.2 Å². The number of fused-ring (bicyclic) bond motifs is 4. The molecule has 5 aromatic rings. The summed E-state index contributed by atoms with van der Waals surface area (Å²) in [6, 6.07) is 35.2. The molecule has 176 valence electrons. The minimum absolute atomic E-state index is 0.00251. The number of hydrogen-bond donors (Lipinski definition) is 0. The van der Waals surface area contributed by atoms with Crippen LogP contribution in [0.1, 0.15) is 30.7 Å². The van der Waals surface area contributed by atoms with Gasteiger partial charge in [-0.1, -0.05) is 81.1 Å². The zero-order valence-electron chi connectivity index (χ0n) is 21.1. The van der Waals surface area contributed by atoms with Crippen LogP contribution < -0.4 is 4.90 Å². The van der Waals surface area contributed by atoms with Gasteiger partial charge in [-0.05, 0) is 76.9 Å². The zero-order chi connectivity index (χ0) is 24.9. The van der Waals surface area contributed by atoms with Crippen molar-refractivity contribution in [2.24, 2.45) is 0 Å². The summed E-state index contributed by atoms with van der Waals surface area (Å²) in [6.45, 7) is 8.49. The standard InChI is InChI=1S/C34H30N2/c1-5-6-12-28-22-24-11-7-10-15-33(24)36(28)26-18-16-25(17-19-26)35(4)27-20-21-30-29-13-8-9-14-31(29)34(2,3)32(30)23-27/h5-23H,1H2,2-4H3/b12-6-. The maximum Gasteiger partial charge on any atom is 0.0534 e. The van der Waals surface area contributed by atoms with E-state index in [1.165, 1.54) is 38.8 Å². The van der Waals surface area contributed by atoms with Crippen molar-refractivity contribution in [1.29, 1.82) is 0 Å². The average molecular weight is 467 g/mol. The maximum absolute atomic E-state index is 3.83. The molecule has 0 atom stereocenters. The summed E-state index contributed by atoms with van der Waals surface area (Å²) >= 11 is 0. The number of rotatable bonds is 5. The van der Waals surface area contributed by atoms with Crippen LogP contribution in [-0.4, -0.2) is 11.6 Å². The topological polar surface area (TPSA) is 8.17 Å². The predicted octanol–water partition coefficient (Wildman–Crippen LogP) is 8.90. The highest BCUT2D eigenvalue weighted by Gasteiger charge is 2.35. The van der Waals surface area contributed by atoms with Crippen molar-refractivity contribution in [1.82, 2.24) is 4.57 Å². The van der Waals surface area contributed by atoms with Gasteiger partial charge in [0.15, 0.2) is 0 Å². The summed E-state index contributed by atoms with van der Waals surface area (Å²) < 4.78 is 2.30. The van der Waals surface area contributed by atoms with Crippen molar-refractivity contribution in [3.8, 4) is 16.8 Å². The SMILES string of the molecule is C=C/C=C\c1cc2ccccc2n1-c1ccc(N(C)c2ccc3c(c2)C(C)(C)c2ccccc2-3)cc1. The first-order chi connectivity index (χ1) is 17.5. The Morgan fingerprint density at radius 2 is 1.44 bits per heavy atom. The van der Waals surface area contributed by atoms with E-state index in [2.05, 4.69) is 140 Å². The first kappa shape index (κ1) is 22.2. The third-order valence-electron chi connectivity index (χ3n) is 7.59. The summed E-state index contributed by atoms with van der Waals surface area (Å²) in [4.78, 5) is 2.27. The van der Waals surface area contributed by atoms with Gasteiger partial charge < -0.3 is 9.47 Å². The molecule has 2 nitrogen and oxygen atoms in total. The first-order valence-corrected chi connectivity index (χ1v) is 12.5. The van der Waals surface area contributed by atoms with E-state index in [-0.39, 0.29) is 5.41 Å². The number of benzene rings is 4. The van der Waals surface area contributed by atoms with E-state index in [9.17, 15) is 0 Å². The average Bonchev–Trinajstić information content (AvgIpc) is 3.39. The molecule has 0 radical (unpaired) electrons. The largest absolute Gasteiger partial charge is 0.345 e. The lowest BCUT2D eigenvalue weighted by Gasteiger charge is -2.25. The van der Waals surface area contributed by atoms with E-state index in [1.54, 1.807) is 0 Å². The summed E-state index contributed by atoms with van der Waals surface area (Å²) in [5.74, 6) is 0. The first-order valence-electron chi connectivity index (χ1n) is 12.5. The van der Waals surface area contributed by atoms with E-state index in [0.717, 1.165) is 17.1 Å². The highest BCUT2D eigenvalue weighted by Crippen LogP contribution is 2.49. The number of aromatic nitrogens is 1. The van der Waals surface area contributed by atoms with E-state index < -0.39 is 0 Å². The highest BCUT2D eigenvalue weighted by molar-refractivity contribution is 5.86. The van der Waals surface area contributed by atoms with E-state index in [0.29, 0.717) is 0 Å². The summed E-state index contributed by atoms with van der Waals surface area (Å²) in [6.07, 6.45) is 5.91. The number of allylic oxidation sites excluding steroid dienone is 2. The summed E-state index contributed by atoms with van der Waals surface area (Å²) in [5.41, 5.74) is 11.3. The second-order valence-electron chi connectivity index (χ2n) is 10.0. The van der Waals surface area contributed by atoms with Crippen LogP contribution >= 0.6 is 0 Å². The number of para-hydroxylation sites is 1. The molecule has 6 rings (SSSR count). The molecule has 0 saturated heterocycles. The lowest BCUT2D eigenvalue weighted by molar-refractivity contribution is 0.660. The van der Waals surface area contributed by atoms with Crippen LogP contribution in [0.15, 0.2) is 116 Å². The molecule has 0 amide bonds. The van der Waals surface area contributed by atoms with Crippen molar-refractivity contribution < 1.29 is 0 Å². The lowest BCUT2D eigenvalue weighted by atomic mass is 9.82. The highest BCUT2D eigenvalue weighted by atomic mass is 15.1.